The summed E-state index contributed by atoms with van der Waals surface area (Å²) < 4.78 is 2.32. The van der Waals surface area contributed by atoms with Gasteiger partial charge in [0.1, 0.15) is 6.54 Å². The van der Waals surface area contributed by atoms with Crippen molar-refractivity contribution in [1.29, 1.82) is 0 Å². The standard InChI is InChI=1S/C25H25ClN6O4/c1-16-13-21(30-29-16)28-23(34)15-32-20-10-5-3-8-18(20)24(35)31(25(32)36)12-6-11-22(33)27-14-17-7-2-4-9-19(17)26/h2-5,7-10,13H,6,11-12,14-15H2,1H3,(H,27,33)(H2,28,29,30,34). The van der Waals surface area contributed by atoms with Crippen molar-refractivity contribution in [3.05, 3.63) is 91.7 Å². The highest BCUT2D eigenvalue weighted by Crippen LogP contribution is 2.14. The van der Waals surface area contributed by atoms with Gasteiger partial charge in [-0.1, -0.05) is 41.9 Å². The van der Waals surface area contributed by atoms with Crippen LogP contribution in [0.1, 0.15) is 24.1 Å². The van der Waals surface area contributed by atoms with Crippen molar-refractivity contribution < 1.29 is 9.59 Å². The number of nitrogens with zero attached hydrogens (tertiary/aromatic N) is 3. The number of aromatic amines is 1. The number of fused-ring (bicyclic) bond motifs is 1. The lowest BCUT2D eigenvalue weighted by atomic mass is 10.2. The number of rotatable bonds is 9. The molecule has 0 atom stereocenters. The van der Waals surface area contributed by atoms with E-state index in [1.165, 1.54) is 4.57 Å². The summed E-state index contributed by atoms with van der Waals surface area (Å²) in [6, 6.07) is 15.5. The first-order valence-electron chi connectivity index (χ1n) is 11.4. The topological polar surface area (TPSA) is 131 Å². The minimum atomic E-state index is -0.622. The Morgan fingerprint density at radius 3 is 2.53 bits per heavy atom. The van der Waals surface area contributed by atoms with Crippen LogP contribution in [0.3, 0.4) is 0 Å². The summed E-state index contributed by atoms with van der Waals surface area (Å²) in [4.78, 5) is 51.2. The van der Waals surface area contributed by atoms with Gasteiger partial charge in [0.05, 0.1) is 10.9 Å². The van der Waals surface area contributed by atoms with Crippen LogP contribution in [0.5, 0.6) is 0 Å². The number of aryl methyl sites for hydroxylation is 1. The number of halogens is 1. The minimum absolute atomic E-state index is 0.0300. The second kappa shape index (κ2) is 11.0. The fourth-order valence-corrected chi connectivity index (χ4v) is 4.05. The number of para-hydroxylation sites is 1. The average molecular weight is 509 g/mol. The third-order valence-corrected chi connectivity index (χ3v) is 6.00. The molecule has 0 bridgehead atoms. The largest absolute Gasteiger partial charge is 0.352 e. The Balaban J connectivity index is 1.48. The molecular formula is C25H25ClN6O4. The molecule has 2 heterocycles. The molecule has 3 N–H and O–H groups in total. The molecule has 0 saturated heterocycles. The lowest BCUT2D eigenvalue weighted by Crippen LogP contribution is -2.42. The number of hydrogen-bond acceptors (Lipinski definition) is 5. The normalized spacial score (nSPS) is 10.9. The average Bonchev–Trinajstić information content (AvgIpc) is 3.27. The fraction of sp³-hybridized carbons (Fsp3) is 0.240. The molecule has 0 aliphatic rings. The Labute approximate surface area is 210 Å². The maximum Gasteiger partial charge on any atom is 0.331 e. The van der Waals surface area contributed by atoms with Crippen molar-refractivity contribution in [2.45, 2.75) is 39.4 Å². The summed E-state index contributed by atoms with van der Waals surface area (Å²) in [6.45, 7) is 1.81. The van der Waals surface area contributed by atoms with Gasteiger partial charge in [0.2, 0.25) is 11.8 Å². The highest BCUT2D eigenvalue weighted by Gasteiger charge is 2.16. The van der Waals surface area contributed by atoms with Gasteiger partial charge in [-0.2, -0.15) is 5.10 Å². The van der Waals surface area contributed by atoms with E-state index in [1.807, 2.05) is 18.2 Å². The number of hydrogen-bond donors (Lipinski definition) is 3. The molecule has 2 amide bonds. The van der Waals surface area contributed by atoms with Crippen molar-refractivity contribution in [2.24, 2.45) is 0 Å². The van der Waals surface area contributed by atoms with Gasteiger partial charge in [-0.15, -0.1) is 0 Å². The second-order valence-corrected chi connectivity index (χ2v) is 8.71. The van der Waals surface area contributed by atoms with Crippen LogP contribution in [0, 0.1) is 6.92 Å². The maximum absolute atomic E-state index is 13.2. The molecule has 0 unspecified atom stereocenters. The predicted molar refractivity (Wildman–Crippen MR) is 137 cm³/mol. The Morgan fingerprint density at radius 2 is 1.78 bits per heavy atom. The quantitative estimate of drug-likeness (QED) is 0.320. The van der Waals surface area contributed by atoms with Gasteiger partial charge in [-0.05, 0) is 37.1 Å². The number of nitrogens with one attached hydrogen (secondary N) is 3. The van der Waals surface area contributed by atoms with Gasteiger partial charge in [-0.3, -0.25) is 28.6 Å². The summed E-state index contributed by atoms with van der Waals surface area (Å²) in [5.74, 6) is -0.346. The van der Waals surface area contributed by atoms with E-state index in [1.54, 1.807) is 43.3 Å². The smallest absolute Gasteiger partial charge is 0.331 e. The van der Waals surface area contributed by atoms with Gasteiger partial charge in [0.25, 0.3) is 5.56 Å². The zero-order chi connectivity index (χ0) is 25.7. The van der Waals surface area contributed by atoms with Gasteiger partial charge in [-0.25, -0.2) is 4.79 Å². The number of H-pyrrole nitrogens is 1. The SMILES string of the molecule is Cc1cc(NC(=O)Cn2c(=O)n(CCCC(=O)NCc3ccccc3Cl)c(=O)c3ccccc32)n[nH]1. The second-order valence-electron chi connectivity index (χ2n) is 8.30. The maximum atomic E-state index is 13.2. The number of benzene rings is 2. The summed E-state index contributed by atoms with van der Waals surface area (Å²) in [7, 11) is 0. The summed E-state index contributed by atoms with van der Waals surface area (Å²) in [5.41, 5.74) is 0.839. The lowest BCUT2D eigenvalue weighted by molar-refractivity contribution is -0.121. The van der Waals surface area contributed by atoms with Crippen molar-refractivity contribution in [2.75, 3.05) is 5.32 Å². The molecule has 0 fully saturated rings. The number of anilines is 1. The molecule has 0 aliphatic heterocycles. The van der Waals surface area contributed by atoms with Crippen LogP contribution in [0.2, 0.25) is 5.02 Å². The zero-order valence-corrected chi connectivity index (χ0v) is 20.3. The zero-order valence-electron chi connectivity index (χ0n) is 19.6. The summed E-state index contributed by atoms with van der Waals surface area (Å²) in [5, 5.41) is 13.0. The Morgan fingerprint density at radius 1 is 1.03 bits per heavy atom. The van der Waals surface area contributed by atoms with Crippen LogP contribution < -0.4 is 21.9 Å². The summed E-state index contributed by atoms with van der Waals surface area (Å²) in [6.07, 6.45) is 0.378. The monoisotopic (exact) mass is 508 g/mol. The third kappa shape index (κ3) is 5.72. The van der Waals surface area contributed by atoms with E-state index in [4.69, 9.17) is 11.6 Å². The van der Waals surface area contributed by atoms with E-state index < -0.39 is 17.2 Å². The fourth-order valence-electron chi connectivity index (χ4n) is 3.85. The molecule has 2 aromatic heterocycles. The van der Waals surface area contributed by atoms with Gasteiger partial charge < -0.3 is 10.6 Å². The Hall–Kier alpha value is -4.18. The molecule has 11 heteroatoms. The van der Waals surface area contributed by atoms with Crippen LogP contribution >= 0.6 is 11.6 Å². The van der Waals surface area contributed by atoms with Crippen molar-refractivity contribution in [3.63, 3.8) is 0 Å². The molecule has 4 aromatic rings. The van der Waals surface area contributed by atoms with E-state index >= 15 is 0 Å². The Kier molecular flexibility index (Phi) is 7.65. The van der Waals surface area contributed by atoms with Gasteiger partial charge in [0, 0.05) is 36.3 Å². The molecule has 0 spiro atoms. The number of aromatic nitrogens is 4. The molecule has 0 radical (unpaired) electrons. The molecule has 10 nitrogen and oxygen atoms in total. The van der Waals surface area contributed by atoms with Crippen LogP contribution in [0.25, 0.3) is 10.9 Å². The van der Waals surface area contributed by atoms with Crippen molar-refractivity contribution in [3.8, 4) is 0 Å². The van der Waals surface area contributed by atoms with Crippen LogP contribution in [-0.2, 0) is 29.2 Å². The van der Waals surface area contributed by atoms with E-state index in [2.05, 4.69) is 20.8 Å². The third-order valence-electron chi connectivity index (χ3n) is 5.63. The molecule has 2 aromatic carbocycles. The number of amides is 2. The van der Waals surface area contributed by atoms with Crippen LogP contribution in [0.15, 0.2) is 64.2 Å². The first kappa shape index (κ1) is 24.9. The first-order chi connectivity index (χ1) is 17.3. The molecule has 36 heavy (non-hydrogen) atoms. The molecule has 0 aliphatic carbocycles. The van der Waals surface area contributed by atoms with Crippen molar-refractivity contribution >= 4 is 40.1 Å². The van der Waals surface area contributed by atoms with E-state index in [-0.39, 0.29) is 38.4 Å². The molecule has 4 rings (SSSR count). The Bertz CT molecular complexity index is 1540. The van der Waals surface area contributed by atoms with Crippen molar-refractivity contribution in [1.82, 2.24) is 24.6 Å². The molecule has 0 saturated carbocycles. The first-order valence-corrected chi connectivity index (χ1v) is 11.8. The summed E-state index contributed by atoms with van der Waals surface area (Å²) >= 11 is 6.11. The number of carbonyl (C=O) groups is 2. The molecular weight excluding hydrogens is 484 g/mol. The van der Waals surface area contributed by atoms with Crippen LogP contribution in [-0.4, -0.2) is 31.1 Å². The predicted octanol–water partition coefficient (Wildman–Crippen LogP) is 2.58. The van der Waals surface area contributed by atoms with E-state index in [0.29, 0.717) is 21.7 Å². The van der Waals surface area contributed by atoms with Crippen LogP contribution in [0.4, 0.5) is 5.82 Å². The highest BCUT2D eigenvalue weighted by molar-refractivity contribution is 6.31. The minimum Gasteiger partial charge on any atom is -0.352 e. The highest BCUT2D eigenvalue weighted by atomic mass is 35.5. The van der Waals surface area contributed by atoms with E-state index in [0.717, 1.165) is 15.8 Å². The van der Waals surface area contributed by atoms with E-state index in [9.17, 15) is 19.2 Å². The lowest BCUT2D eigenvalue weighted by Gasteiger charge is -2.14. The molecule has 186 valence electrons. The number of carbonyl (C=O) groups excluding carboxylic acids is 2. The van der Waals surface area contributed by atoms with Gasteiger partial charge >= 0.3 is 5.69 Å². The van der Waals surface area contributed by atoms with Gasteiger partial charge in [0.15, 0.2) is 5.82 Å².